The summed E-state index contributed by atoms with van der Waals surface area (Å²) in [7, 11) is -2.31. The van der Waals surface area contributed by atoms with Crippen molar-refractivity contribution in [3.05, 3.63) is 101 Å². The first-order valence-corrected chi connectivity index (χ1v) is 15.8. The van der Waals surface area contributed by atoms with E-state index in [1.54, 1.807) is 19.1 Å². The van der Waals surface area contributed by atoms with Crippen LogP contribution in [0, 0.1) is 12.7 Å². The molecule has 3 rings (SSSR count). The molecule has 0 heterocycles. The number of hydrogen-bond donors (Lipinski definition) is 3. The van der Waals surface area contributed by atoms with Crippen LogP contribution in [0.4, 0.5) is 10.1 Å². The first-order valence-electron chi connectivity index (χ1n) is 13.9. The quantitative estimate of drug-likeness (QED) is 0.246. The second-order valence-corrected chi connectivity index (χ2v) is 12.2. The Bertz CT molecular complexity index is 1460. The average Bonchev–Trinajstić information content (AvgIpc) is 2.96. The normalized spacial score (nSPS) is 11.5. The van der Waals surface area contributed by atoms with Crippen molar-refractivity contribution in [3.8, 4) is 0 Å². The van der Waals surface area contributed by atoms with E-state index in [9.17, 15) is 27.2 Å². The van der Waals surface area contributed by atoms with E-state index in [0.29, 0.717) is 38.0 Å². The van der Waals surface area contributed by atoms with E-state index in [-0.39, 0.29) is 22.6 Å². The summed E-state index contributed by atoms with van der Waals surface area (Å²) in [6, 6.07) is 19.7. The van der Waals surface area contributed by atoms with E-state index in [1.807, 2.05) is 18.2 Å². The van der Waals surface area contributed by atoms with Gasteiger partial charge < -0.3 is 16.0 Å². The third-order valence-electron chi connectivity index (χ3n) is 6.43. The summed E-state index contributed by atoms with van der Waals surface area (Å²) in [6.07, 6.45) is 2.09. The second-order valence-electron chi connectivity index (χ2n) is 10.2. The predicted octanol–water partition coefficient (Wildman–Crippen LogP) is 4.40. The lowest BCUT2D eigenvalue weighted by Gasteiger charge is -2.20. The van der Waals surface area contributed by atoms with Crippen LogP contribution in [0.25, 0.3) is 0 Å². The second kappa shape index (κ2) is 17.1. The molecule has 11 heteroatoms. The molecule has 0 aromatic heterocycles. The van der Waals surface area contributed by atoms with Crippen molar-refractivity contribution in [3.63, 3.8) is 0 Å². The number of hydrogen-bond acceptors (Lipinski definition) is 6. The molecule has 2 amide bonds. The zero-order valence-corrected chi connectivity index (χ0v) is 26.1. The van der Waals surface area contributed by atoms with Crippen molar-refractivity contribution in [1.82, 2.24) is 16.0 Å². The van der Waals surface area contributed by atoms with Crippen LogP contribution in [0.15, 0.2) is 72.8 Å². The maximum absolute atomic E-state index is 13.2. The fraction of sp³-hybridized carbons (Fsp3) is 0.344. The summed E-state index contributed by atoms with van der Waals surface area (Å²) in [4.78, 5) is 36.7. The first kappa shape index (κ1) is 35.1. The van der Waals surface area contributed by atoms with Gasteiger partial charge in [-0.15, -0.1) is 0 Å². The fourth-order valence-electron chi connectivity index (χ4n) is 3.80. The van der Waals surface area contributed by atoms with Crippen molar-refractivity contribution in [2.24, 2.45) is 0 Å². The van der Waals surface area contributed by atoms with Crippen LogP contribution < -0.4 is 20.3 Å². The molecular weight excluding hydrogens is 571 g/mol. The van der Waals surface area contributed by atoms with Gasteiger partial charge in [-0.25, -0.2) is 12.8 Å². The van der Waals surface area contributed by atoms with Gasteiger partial charge in [0.1, 0.15) is 11.6 Å². The molecule has 0 aliphatic heterocycles. The molecule has 232 valence electrons. The lowest BCUT2D eigenvalue weighted by Crippen LogP contribution is -2.30. The zero-order valence-electron chi connectivity index (χ0n) is 25.3. The molecule has 0 unspecified atom stereocenters. The number of ketones is 1. The van der Waals surface area contributed by atoms with Crippen LogP contribution in [0.2, 0.25) is 0 Å². The molecule has 0 radical (unpaired) electrons. The van der Waals surface area contributed by atoms with E-state index in [4.69, 9.17) is 0 Å². The van der Waals surface area contributed by atoms with Gasteiger partial charge in [0.2, 0.25) is 10.0 Å². The summed E-state index contributed by atoms with van der Waals surface area (Å²) >= 11 is 0. The average molecular weight is 613 g/mol. The number of Topliss-reactive ketones (excluding diaryl/α,β-unsaturated/α-hetero) is 1. The third kappa shape index (κ3) is 12.8. The highest BCUT2D eigenvalue weighted by molar-refractivity contribution is 7.92. The number of nitrogens with zero attached hydrogens (tertiary/aromatic N) is 1. The van der Waals surface area contributed by atoms with Crippen LogP contribution in [0.3, 0.4) is 0 Å². The van der Waals surface area contributed by atoms with E-state index in [0.717, 1.165) is 10.6 Å². The number of amides is 2. The summed E-state index contributed by atoms with van der Waals surface area (Å²) in [5, 5.41) is 8.66. The van der Waals surface area contributed by atoms with Crippen molar-refractivity contribution in [2.75, 3.05) is 37.2 Å². The number of nitrogens with one attached hydrogen (secondary N) is 3. The molecule has 0 saturated heterocycles. The van der Waals surface area contributed by atoms with Gasteiger partial charge in [0, 0.05) is 37.7 Å². The summed E-state index contributed by atoms with van der Waals surface area (Å²) < 4.78 is 38.4. The Balaban J connectivity index is 0.000000804. The number of carbonyl (C=O) groups excluding carboxylic acids is 3. The maximum Gasteiger partial charge on any atom is 0.251 e. The molecule has 43 heavy (non-hydrogen) atoms. The van der Waals surface area contributed by atoms with Gasteiger partial charge in [0.25, 0.3) is 11.8 Å². The van der Waals surface area contributed by atoms with Gasteiger partial charge in [-0.1, -0.05) is 48.0 Å². The van der Waals surface area contributed by atoms with Crippen molar-refractivity contribution in [1.29, 1.82) is 0 Å². The largest absolute Gasteiger partial charge is 0.352 e. The van der Waals surface area contributed by atoms with E-state index in [2.05, 4.69) is 35.0 Å². The summed E-state index contributed by atoms with van der Waals surface area (Å²) in [5.41, 5.74) is 2.40. The molecular formula is C32H41FN4O5S. The molecule has 0 aliphatic rings. The highest BCUT2D eigenvalue weighted by Crippen LogP contribution is 2.22. The number of aryl methyl sites for hydroxylation is 1. The molecule has 0 saturated carbocycles. The van der Waals surface area contributed by atoms with E-state index in [1.165, 1.54) is 49.9 Å². The number of sulfonamides is 1. The lowest BCUT2D eigenvalue weighted by atomic mass is 10.1. The minimum Gasteiger partial charge on any atom is -0.352 e. The number of carbonyl (C=O) groups is 3. The molecule has 3 N–H and O–H groups in total. The molecule has 0 bridgehead atoms. The van der Waals surface area contributed by atoms with Gasteiger partial charge in [0.05, 0.1) is 18.0 Å². The summed E-state index contributed by atoms with van der Waals surface area (Å²) in [6.45, 7) is 6.86. The first-order chi connectivity index (χ1) is 20.3. The highest BCUT2D eigenvalue weighted by Gasteiger charge is 2.20. The highest BCUT2D eigenvalue weighted by atomic mass is 32.2. The Kier molecular flexibility index (Phi) is 14.0. The van der Waals surface area contributed by atoms with E-state index >= 15 is 0 Å². The Morgan fingerprint density at radius 3 is 2.02 bits per heavy atom. The van der Waals surface area contributed by atoms with Crippen molar-refractivity contribution >= 4 is 33.3 Å². The molecule has 0 fully saturated rings. The van der Waals surface area contributed by atoms with Crippen LogP contribution in [0.5, 0.6) is 0 Å². The molecule has 3 aromatic carbocycles. The predicted molar refractivity (Wildman–Crippen MR) is 168 cm³/mol. The van der Waals surface area contributed by atoms with Gasteiger partial charge in [-0.2, -0.15) is 0 Å². The van der Waals surface area contributed by atoms with Crippen molar-refractivity contribution in [2.45, 2.75) is 39.7 Å². The van der Waals surface area contributed by atoms with Crippen LogP contribution in [-0.4, -0.2) is 59.0 Å². The Hall–Kier alpha value is -4.09. The van der Waals surface area contributed by atoms with Gasteiger partial charge >= 0.3 is 0 Å². The third-order valence-corrected chi connectivity index (χ3v) is 7.64. The number of benzene rings is 3. The van der Waals surface area contributed by atoms with Crippen LogP contribution in [-0.2, 0) is 14.8 Å². The minimum atomic E-state index is -3.64. The molecule has 0 aliphatic carbocycles. The monoisotopic (exact) mass is 612 g/mol. The summed E-state index contributed by atoms with van der Waals surface area (Å²) in [5.74, 6) is -1.26. The standard InChI is InChI=1S/C25H33FN4O5S.C7H8/c1-17(31)10-13-27-11-5-12-28-24(32)20-14-21(16-23(15-20)30(3)36(4,34)35)25(33)29-18(2)19-6-8-22(26)9-7-19;1-7-5-3-2-4-6-7/h6-9,14-16,18,27H,5,10-13H2,1-4H3,(H,28,32)(H,29,33);2-6H,1H3/t18-;/m1./s1. The Morgan fingerprint density at radius 2 is 1.49 bits per heavy atom. The lowest BCUT2D eigenvalue weighted by molar-refractivity contribution is -0.116. The molecule has 1 atom stereocenters. The Morgan fingerprint density at radius 1 is 0.884 bits per heavy atom. The number of anilines is 1. The van der Waals surface area contributed by atoms with Gasteiger partial charge in [-0.3, -0.25) is 18.7 Å². The molecule has 3 aromatic rings. The van der Waals surface area contributed by atoms with Crippen molar-refractivity contribution < 1.29 is 27.2 Å². The maximum atomic E-state index is 13.2. The smallest absolute Gasteiger partial charge is 0.251 e. The molecule has 0 spiro atoms. The Labute approximate surface area is 253 Å². The van der Waals surface area contributed by atoms with Gasteiger partial charge in [0.15, 0.2) is 0 Å². The van der Waals surface area contributed by atoms with E-state index < -0.39 is 33.7 Å². The fourth-order valence-corrected chi connectivity index (χ4v) is 4.29. The number of rotatable bonds is 13. The topological polar surface area (TPSA) is 125 Å². The minimum absolute atomic E-state index is 0.0987. The molecule has 9 nitrogen and oxygen atoms in total. The number of halogens is 1. The van der Waals surface area contributed by atoms with Crippen LogP contribution in [0.1, 0.15) is 64.6 Å². The van der Waals surface area contributed by atoms with Gasteiger partial charge in [-0.05, 0) is 69.6 Å². The SMILES string of the molecule is CC(=O)CCNCCCNC(=O)c1cc(C(=O)N[C@H](C)c2ccc(F)cc2)cc(N(C)S(C)(=O)=O)c1.Cc1ccccc1. The zero-order chi connectivity index (χ0) is 32.0. The van der Waals surface area contributed by atoms with Crippen LogP contribution >= 0.6 is 0 Å².